The summed E-state index contributed by atoms with van der Waals surface area (Å²) in [4.78, 5) is 42.9. The van der Waals surface area contributed by atoms with Crippen molar-refractivity contribution in [3.63, 3.8) is 0 Å². The second-order valence-corrected chi connectivity index (χ2v) is 11.8. The van der Waals surface area contributed by atoms with Crippen LogP contribution in [0, 0.1) is 17.8 Å². The minimum atomic E-state index is -0.998. The Morgan fingerprint density at radius 3 is 2.50 bits per heavy atom. The number of hydrogen-bond acceptors (Lipinski definition) is 5. The Labute approximate surface area is 190 Å². The fraction of sp³-hybridized carbons (Fsp3) is 0.762. The van der Waals surface area contributed by atoms with E-state index in [0.29, 0.717) is 13.0 Å². The van der Waals surface area contributed by atoms with Gasteiger partial charge in [-0.25, -0.2) is 0 Å². The standard InChI is InChI=1S/C21H31BrN2O5S/c1-6-7-23(11(4)5)19(27)17-21-8-12(22)16(30-21)14(20(28)29)15(21)18(26)24(17)13(9-25)10(2)3/h6,10-17,25H,1,7-9H2,2-5H3,(H,28,29)/t12?,13-,14+,15-,16+,17?,21?/m0/s1. The molecule has 168 valence electrons. The second kappa shape index (κ2) is 8.47. The molecule has 3 saturated heterocycles. The molecule has 0 aromatic heterocycles. The van der Waals surface area contributed by atoms with Gasteiger partial charge in [-0.1, -0.05) is 35.9 Å². The number of carboxylic acids is 1. The summed E-state index contributed by atoms with van der Waals surface area (Å²) in [5, 5.41) is 19.8. The zero-order chi connectivity index (χ0) is 22.5. The van der Waals surface area contributed by atoms with E-state index in [2.05, 4.69) is 22.5 Å². The minimum Gasteiger partial charge on any atom is -0.481 e. The van der Waals surface area contributed by atoms with E-state index in [1.54, 1.807) is 11.0 Å². The third-order valence-electron chi connectivity index (χ3n) is 6.79. The summed E-state index contributed by atoms with van der Waals surface area (Å²) < 4.78 is -0.813. The summed E-state index contributed by atoms with van der Waals surface area (Å²) in [5.74, 6) is -3.20. The normalized spacial score (nSPS) is 35.8. The van der Waals surface area contributed by atoms with Crippen LogP contribution in [0.2, 0.25) is 0 Å². The van der Waals surface area contributed by atoms with Crippen LogP contribution in [-0.2, 0) is 14.4 Å². The number of likely N-dealkylation sites (tertiary alicyclic amines) is 1. The van der Waals surface area contributed by atoms with Crippen LogP contribution >= 0.6 is 27.7 Å². The lowest BCUT2D eigenvalue weighted by molar-refractivity contribution is -0.150. The summed E-state index contributed by atoms with van der Waals surface area (Å²) in [7, 11) is 0. The molecule has 2 amide bonds. The number of carbonyl (C=O) groups is 3. The molecule has 3 fully saturated rings. The first-order valence-electron chi connectivity index (χ1n) is 10.4. The maximum absolute atomic E-state index is 13.9. The number of amides is 2. The molecule has 3 aliphatic rings. The number of alkyl halides is 1. The Balaban J connectivity index is 2.16. The number of rotatable bonds is 8. The van der Waals surface area contributed by atoms with Gasteiger partial charge in [0.25, 0.3) is 0 Å². The van der Waals surface area contributed by atoms with Gasteiger partial charge >= 0.3 is 5.97 Å². The van der Waals surface area contributed by atoms with Crippen molar-refractivity contribution in [3.05, 3.63) is 12.7 Å². The van der Waals surface area contributed by atoms with Crippen LogP contribution < -0.4 is 0 Å². The van der Waals surface area contributed by atoms with Gasteiger partial charge in [-0.15, -0.1) is 18.3 Å². The molecule has 3 rings (SSSR count). The summed E-state index contributed by atoms with van der Waals surface area (Å²) in [5.41, 5.74) is 0. The maximum Gasteiger partial charge on any atom is 0.308 e. The van der Waals surface area contributed by atoms with Gasteiger partial charge in [0.05, 0.1) is 29.2 Å². The highest BCUT2D eigenvalue weighted by atomic mass is 79.9. The van der Waals surface area contributed by atoms with Crippen molar-refractivity contribution in [2.45, 2.75) is 67.1 Å². The van der Waals surface area contributed by atoms with Gasteiger partial charge in [-0.2, -0.15) is 0 Å². The summed E-state index contributed by atoms with van der Waals surface area (Å²) in [6.07, 6.45) is 2.21. The molecule has 2 N–H and O–H groups in total. The molecule has 9 heteroatoms. The van der Waals surface area contributed by atoms with Gasteiger partial charge in [0, 0.05) is 22.7 Å². The maximum atomic E-state index is 13.9. The highest BCUT2D eigenvalue weighted by Gasteiger charge is 2.76. The van der Waals surface area contributed by atoms with Gasteiger partial charge in [-0.05, 0) is 26.2 Å². The first-order chi connectivity index (χ1) is 14.0. The van der Waals surface area contributed by atoms with Gasteiger partial charge in [0.15, 0.2) is 0 Å². The fourth-order valence-electron chi connectivity index (χ4n) is 5.46. The van der Waals surface area contributed by atoms with Crippen LogP contribution in [-0.4, -0.2) is 83.9 Å². The Hall–Kier alpha value is -1.06. The molecule has 7 atom stereocenters. The molecule has 0 radical (unpaired) electrons. The predicted molar refractivity (Wildman–Crippen MR) is 119 cm³/mol. The number of carboxylic acid groups (broad SMARTS) is 1. The lowest BCUT2D eigenvalue weighted by atomic mass is 9.71. The van der Waals surface area contributed by atoms with Crippen LogP contribution in [0.3, 0.4) is 0 Å². The smallest absolute Gasteiger partial charge is 0.308 e. The van der Waals surface area contributed by atoms with Gasteiger partial charge in [-0.3, -0.25) is 14.4 Å². The number of halogens is 1. The zero-order valence-corrected chi connectivity index (χ0v) is 20.2. The van der Waals surface area contributed by atoms with Crippen molar-refractivity contribution < 1.29 is 24.6 Å². The van der Waals surface area contributed by atoms with Crippen molar-refractivity contribution in [1.29, 1.82) is 0 Å². The summed E-state index contributed by atoms with van der Waals surface area (Å²) in [6.45, 7) is 11.5. The van der Waals surface area contributed by atoms with E-state index in [4.69, 9.17) is 0 Å². The van der Waals surface area contributed by atoms with Crippen molar-refractivity contribution in [1.82, 2.24) is 9.80 Å². The minimum absolute atomic E-state index is 0.0818. The van der Waals surface area contributed by atoms with Crippen LogP contribution in [0.4, 0.5) is 0 Å². The lowest BCUT2D eigenvalue weighted by Crippen LogP contribution is -2.59. The number of aliphatic hydroxyl groups is 1. The molecule has 3 heterocycles. The first-order valence-corrected chi connectivity index (χ1v) is 12.2. The molecule has 1 spiro atoms. The van der Waals surface area contributed by atoms with E-state index < -0.39 is 34.6 Å². The largest absolute Gasteiger partial charge is 0.481 e. The van der Waals surface area contributed by atoms with E-state index in [-0.39, 0.29) is 40.5 Å². The molecule has 30 heavy (non-hydrogen) atoms. The van der Waals surface area contributed by atoms with Crippen molar-refractivity contribution in [2.75, 3.05) is 13.2 Å². The molecule has 7 nitrogen and oxygen atoms in total. The third kappa shape index (κ3) is 3.32. The van der Waals surface area contributed by atoms with Gasteiger partial charge in [0.1, 0.15) is 6.04 Å². The highest BCUT2D eigenvalue weighted by molar-refractivity contribution is 9.09. The Morgan fingerprint density at radius 2 is 2.03 bits per heavy atom. The predicted octanol–water partition coefficient (Wildman–Crippen LogP) is 1.98. The van der Waals surface area contributed by atoms with Crippen molar-refractivity contribution >= 4 is 45.5 Å². The number of thioether (sulfide) groups is 1. The molecule has 0 aromatic rings. The van der Waals surface area contributed by atoms with Crippen molar-refractivity contribution in [3.8, 4) is 0 Å². The Morgan fingerprint density at radius 1 is 1.40 bits per heavy atom. The molecule has 0 saturated carbocycles. The van der Waals surface area contributed by atoms with Crippen LogP contribution in [0.15, 0.2) is 12.7 Å². The van der Waals surface area contributed by atoms with E-state index in [1.165, 1.54) is 16.7 Å². The van der Waals surface area contributed by atoms with Crippen LogP contribution in [0.25, 0.3) is 0 Å². The molecule has 3 aliphatic heterocycles. The molecule has 3 unspecified atom stereocenters. The summed E-state index contributed by atoms with van der Waals surface area (Å²) >= 11 is 5.11. The molecule has 2 bridgehead atoms. The highest BCUT2D eigenvalue weighted by Crippen LogP contribution is 2.68. The van der Waals surface area contributed by atoms with Gasteiger partial charge < -0.3 is 20.0 Å². The Bertz CT molecular complexity index is 747. The topological polar surface area (TPSA) is 98.2 Å². The van der Waals surface area contributed by atoms with E-state index in [1.807, 2.05) is 27.7 Å². The Kier molecular flexibility index (Phi) is 6.66. The first kappa shape index (κ1) is 23.6. The molecular weight excluding hydrogens is 472 g/mol. The molecular formula is C21H31BrN2O5S. The molecule has 0 aliphatic carbocycles. The quantitative estimate of drug-likeness (QED) is 0.389. The number of carbonyl (C=O) groups excluding carboxylic acids is 2. The van der Waals surface area contributed by atoms with Gasteiger partial charge in [0.2, 0.25) is 11.8 Å². The van der Waals surface area contributed by atoms with Crippen molar-refractivity contribution in [2.24, 2.45) is 17.8 Å². The average Bonchev–Trinajstić information content (AvgIpc) is 3.23. The molecule has 0 aromatic carbocycles. The second-order valence-electron chi connectivity index (χ2n) is 9.11. The van der Waals surface area contributed by atoms with E-state index in [0.717, 1.165) is 0 Å². The zero-order valence-electron chi connectivity index (χ0n) is 17.8. The van der Waals surface area contributed by atoms with E-state index >= 15 is 0 Å². The monoisotopic (exact) mass is 502 g/mol. The van der Waals surface area contributed by atoms with Crippen LogP contribution in [0.1, 0.15) is 34.1 Å². The SMILES string of the molecule is C=CCN(C(=O)C1N([C@@H](CO)C(C)C)C(=O)[C@@H]2[C@@H](C(=O)O)[C@@H]3SC12CC3Br)C(C)C. The van der Waals surface area contributed by atoms with Crippen LogP contribution in [0.5, 0.6) is 0 Å². The number of nitrogens with zero attached hydrogens (tertiary/aromatic N) is 2. The number of fused-ring (bicyclic) bond motifs is 1. The third-order valence-corrected chi connectivity index (χ3v) is 10.0. The number of aliphatic hydroxyl groups excluding tert-OH is 1. The van der Waals surface area contributed by atoms with E-state index in [9.17, 15) is 24.6 Å². The number of hydrogen-bond donors (Lipinski definition) is 2. The summed E-state index contributed by atoms with van der Waals surface area (Å²) in [6, 6.07) is -1.46. The average molecular weight is 503 g/mol. The fourth-order valence-corrected chi connectivity index (χ4v) is 9.04. The number of aliphatic carboxylic acids is 1. The lowest BCUT2D eigenvalue weighted by Gasteiger charge is -2.41.